The molecule has 1 aliphatic carbocycles. The second kappa shape index (κ2) is 8.65. The van der Waals surface area contributed by atoms with Gasteiger partial charge in [-0.15, -0.1) is 0 Å². The molecule has 1 atom stereocenters. The van der Waals surface area contributed by atoms with Gasteiger partial charge in [0.1, 0.15) is 12.4 Å². The van der Waals surface area contributed by atoms with Crippen LogP contribution in [0.3, 0.4) is 0 Å². The van der Waals surface area contributed by atoms with Crippen molar-refractivity contribution in [2.75, 3.05) is 13.2 Å². The van der Waals surface area contributed by atoms with Crippen molar-refractivity contribution < 1.29 is 4.74 Å². The molecule has 0 amide bonds. The lowest BCUT2D eigenvalue weighted by Crippen LogP contribution is -2.42. The van der Waals surface area contributed by atoms with Gasteiger partial charge in [-0.1, -0.05) is 44.7 Å². The molecule has 0 saturated heterocycles. The highest BCUT2D eigenvalue weighted by Gasteiger charge is 2.26. The number of hydrogen-bond acceptors (Lipinski definition) is 2. The maximum absolute atomic E-state index is 5.96. The molecule has 1 aromatic rings. The Morgan fingerprint density at radius 1 is 1.14 bits per heavy atom. The number of nitrogens with one attached hydrogen (secondary N) is 1. The third-order valence-electron chi connectivity index (χ3n) is 4.75. The molecule has 0 aromatic heterocycles. The largest absolute Gasteiger partial charge is 0.492 e. The predicted molar refractivity (Wildman–Crippen MR) is 90.2 cm³/mol. The van der Waals surface area contributed by atoms with Crippen LogP contribution in [0.5, 0.6) is 5.75 Å². The standard InChI is InChI=1S/C18H28ClNO/c1-3-14-5-7-15(8-6-14)18(20-4-2)13-21-17-11-9-16(19)10-12-17/h9-12,14-15,18,20H,3-8,13H2,1-2H3. The fourth-order valence-electron chi connectivity index (χ4n) is 3.34. The molecule has 2 nitrogen and oxygen atoms in total. The molecule has 1 fully saturated rings. The van der Waals surface area contributed by atoms with Crippen molar-refractivity contribution >= 4 is 11.6 Å². The van der Waals surface area contributed by atoms with Crippen LogP contribution in [-0.4, -0.2) is 19.2 Å². The summed E-state index contributed by atoms with van der Waals surface area (Å²) >= 11 is 5.91. The number of rotatable bonds is 7. The molecule has 0 radical (unpaired) electrons. The van der Waals surface area contributed by atoms with E-state index in [4.69, 9.17) is 16.3 Å². The lowest BCUT2D eigenvalue weighted by atomic mass is 9.77. The lowest BCUT2D eigenvalue weighted by molar-refractivity contribution is 0.166. The van der Waals surface area contributed by atoms with E-state index in [1.54, 1.807) is 0 Å². The zero-order valence-corrected chi connectivity index (χ0v) is 14.0. The van der Waals surface area contributed by atoms with Crippen LogP contribution in [0, 0.1) is 11.8 Å². The van der Waals surface area contributed by atoms with Gasteiger partial charge >= 0.3 is 0 Å². The predicted octanol–water partition coefficient (Wildman–Crippen LogP) is 4.91. The normalized spacial score (nSPS) is 23.8. The van der Waals surface area contributed by atoms with E-state index in [0.717, 1.165) is 35.8 Å². The summed E-state index contributed by atoms with van der Waals surface area (Å²) in [5.41, 5.74) is 0. The highest BCUT2D eigenvalue weighted by atomic mass is 35.5. The first-order valence-electron chi connectivity index (χ1n) is 8.34. The van der Waals surface area contributed by atoms with Gasteiger partial charge in [0.05, 0.1) is 0 Å². The van der Waals surface area contributed by atoms with Gasteiger partial charge in [-0.05, 0) is 55.5 Å². The quantitative estimate of drug-likeness (QED) is 0.772. The highest BCUT2D eigenvalue weighted by molar-refractivity contribution is 6.30. The molecule has 1 N–H and O–H groups in total. The third-order valence-corrected chi connectivity index (χ3v) is 5.00. The molecule has 1 aromatic carbocycles. The second-order valence-electron chi connectivity index (χ2n) is 6.12. The van der Waals surface area contributed by atoms with E-state index in [1.165, 1.54) is 32.1 Å². The summed E-state index contributed by atoms with van der Waals surface area (Å²) in [7, 11) is 0. The van der Waals surface area contributed by atoms with E-state index in [0.29, 0.717) is 6.04 Å². The van der Waals surface area contributed by atoms with Gasteiger partial charge in [0.15, 0.2) is 0 Å². The maximum atomic E-state index is 5.96. The third kappa shape index (κ3) is 5.19. The Balaban J connectivity index is 1.85. The molecular formula is C18H28ClNO. The molecular weight excluding hydrogens is 282 g/mol. The number of ether oxygens (including phenoxy) is 1. The van der Waals surface area contributed by atoms with E-state index in [-0.39, 0.29) is 0 Å². The van der Waals surface area contributed by atoms with Crippen LogP contribution in [-0.2, 0) is 0 Å². The van der Waals surface area contributed by atoms with Crippen molar-refractivity contribution in [1.29, 1.82) is 0 Å². The zero-order valence-electron chi connectivity index (χ0n) is 13.3. The van der Waals surface area contributed by atoms with Crippen LogP contribution in [0.15, 0.2) is 24.3 Å². The highest BCUT2D eigenvalue weighted by Crippen LogP contribution is 2.32. The Morgan fingerprint density at radius 2 is 1.81 bits per heavy atom. The van der Waals surface area contributed by atoms with Crippen molar-refractivity contribution in [2.45, 2.75) is 52.0 Å². The molecule has 1 saturated carbocycles. The van der Waals surface area contributed by atoms with E-state index < -0.39 is 0 Å². The van der Waals surface area contributed by atoms with Gasteiger partial charge < -0.3 is 10.1 Å². The van der Waals surface area contributed by atoms with Crippen molar-refractivity contribution in [2.24, 2.45) is 11.8 Å². The molecule has 2 rings (SSSR count). The molecule has 0 bridgehead atoms. The fourth-order valence-corrected chi connectivity index (χ4v) is 3.47. The van der Waals surface area contributed by atoms with Gasteiger partial charge in [-0.3, -0.25) is 0 Å². The van der Waals surface area contributed by atoms with Gasteiger partial charge in [0.25, 0.3) is 0 Å². The smallest absolute Gasteiger partial charge is 0.119 e. The van der Waals surface area contributed by atoms with Crippen LogP contribution in [0.25, 0.3) is 0 Å². The average Bonchev–Trinajstić information content (AvgIpc) is 2.53. The summed E-state index contributed by atoms with van der Waals surface area (Å²) in [6.45, 7) is 6.24. The topological polar surface area (TPSA) is 21.3 Å². The van der Waals surface area contributed by atoms with E-state index >= 15 is 0 Å². The van der Waals surface area contributed by atoms with Crippen molar-refractivity contribution in [1.82, 2.24) is 5.32 Å². The van der Waals surface area contributed by atoms with Crippen molar-refractivity contribution in [3.63, 3.8) is 0 Å². The monoisotopic (exact) mass is 309 g/mol. The van der Waals surface area contributed by atoms with Gasteiger partial charge in [0.2, 0.25) is 0 Å². The molecule has 118 valence electrons. The molecule has 21 heavy (non-hydrogen) atoms. The van der Waals surface area contributed by atoms with Gasteiger partial charge in [-0.25, -0.2) is 0 Å². The number of hydrogen-bond donors (Lipinski definition) is 1. The molecule has 3 heteroatoms. The Bertz CT molecular complexity index is 398. The average molecular weight is 310 g/mol. The summed E-state index contributed by atoms with van der Waals surface area (Å²) in [5, 5.41) is 4.37. The number of halogens is 1. The minimum Gasteiger partial charge on any atom is -0.492 e. The minimum absolute atomic E-state index is 0.462. The van der Waals surface area contributed by atoms with Crippen LogP contribution >= 0.6 is 11.6 Å². The van der Waals surface area contributed by atoms with Gasteiger partial charge in [0, 0.05) is 11.1 Å². The summed E-state index contributed by atoms with van der Waals surface area (Å²) in [6.07, 6.45) is 6.76. The van der Waals surface area contributed by atoms with Gasteiger partial charge in [-0.2, -0.15) is 0 Å². The Hall–Kier alpha value is -0.730. The minimum atomic E-state index is 0.462. The van der Waals surface area contributed by atoms with Crippen LogP contribution in [0.4, 0.5) is 0 Å². The lowest BCUT2D eigenvalue weighted by Gasteiger charge is -2.34. The Labute approximate surface area is 134 Å². The van der Waals surface area contributed by atoms with E-state index in [1.807, 2.05) is 24.3 Å². The molecule has 1 unspecified atom stereocenters. The molecule has 0 aliphatic heterocycles. The summed E-state index contributed by atoms with van der Waals surface area (Å²) in [6, 6.07) is 8.11. The summed E-state index contributed by atoms with van der Waals surface area (Å²) in [5.74, 6) is 2.60. The first-order chi connectivity index (χ1) is 10.2. The second-order valence-corrected chi connectivity index (χ2v) is 6.55. The number of benzene rings is 1. The fraction of sp³-hybridized carbons (Fsp3) is 0.667. The maximum Gasteiger partial charge on any atom is 0.119 e. The zero-order chi connectivity index (χ0) is 15.1. The Kier molecular flexibility index (Phi) is 6.85. The summed E-state index contributed by atoms with van der Waals surface area (Å²) in [4.78, 5) is 0. The van der Waals surface area contributed by atoms with E-state index in [2.05, 4.69) is 19.2 Å². The SMILES string of the molecule is CCNC(COc1ccc(Cl)cc1)C1CCC(CC)CC1. The molecule has 1 aliphatic rings. The van der Waals surface area contributed by atoms with Crippen molar-refractivity contribution in [3.05, 3.63) is 29.3 Å². The Morgan fingerprint density at radius 3 is 2.38 bits per heavy atom. The van der Waals surface area contributed by atoms with Crippen LogP contribution < -0.4 is 10.1 Å². The van der Waals surface area contributed by atoms with Crippen molar-refractivity contribution in [3.8, 4) is 5.75 Å². The van der Waals surface area contributed by atoms with Crippen LogP contribution in [0.2, 0.25) is 5.02 Å². The number of likely N-dealkylation sites (N-methyl/N-ethyl adjacent to an activating group) is 1. The van der Waals surface area contributed by atoms with E-state index in [9.17, 15) is 0 Å². The first kappa shape index (κ1) is 16.6. The molecule has 0 spiro atoms. The first-order valence-corrected chi connectivity index (χ1v) is 8.72. The molecule has 0 heterocycles. The van der Waals surface area contributed by atoms with Crippen LogP contribution in [0.1, 0.15) is 46.0 Å². The summed E-state index contributed by atoms with van der Waals surface area (Å²) < 4.78 is 5.96.